The van der Waals surface area contributed by atoms with Gasteiger partial charge < -0.3 is 15.7 Å². The lowest BCUT2D eigenvalue weighted by Crippen LogP contribution is -2.35. The van der Waals surface area contributed by atoms with Gasteiger partial charge in [-0.2, -0.15) is 0 Å². The van der Waals surface area contributed by atoms with Gasteiger partial charge in [-0.3, -0.25) is 9.36 Å². The quantitative estimate of drug-likeness (QED) is 0.487. The van der Waals surface area contributed by atoms with Crippen LogP contribution in [0.25, 0.3) is 0 Å². The molecular weight excluding hydrogens is 217 g/mol. The van der Waals surface area contributed by atoms with Gasteiger partial charge in [0.05, 0.1) is 0 Å². The summed E-state index contributed by atoms with van der Waals surface area (Å²) in [6, 6.07) is 0. The third kappa shape index (κ3) is 2.25. The predicted molar refractivity (Wildman–Crippen MR) is 57.2 cm³/mol. The summed E-state index contributed by atoms with van der Waals surface area (Å²) >= 11 is 0. The molecule has 2 unspecified atom stereocenters. The van der Waals surface area contributed by atoms with Crippen LogP contribution < -0.4 is 5.73 Å². The number of carboxylic acids is 1. The minimum absolute atomic E-state index is 0.141. The average Bonchev–Trinajstić information content (AvgIpc) is 2.43. The molecule has 4 N–H and O–H groups in total. The molecule has 0 aliphatic carbocycles. The Hall–Kier alpha value is -0.380. The Balaban J connectivity index is 2.80. The number of carbonyl (C=O) groups is 1. The first-order valence-corrected chi connectivity index (χ1v) is 7.06. The van der Waals surface area contributed by atoms with E-state index in [9.17, 15) is 14.3 Å². The van der Waals surface area contributed by atoms with E-state index in [1.807, 2.05) is 0 Å². The van der Waals surface area contributed by atoms with E-state index in [1.54, 1.807) is 0 Å². The molecule has 5 nitrogen and oxygen atoms in total. The van der Waals surface area contributed by atoms with Crippen molar-refractivity contribution in [2.75, 3.05) is 12.7 Å². The molecule has 2 atom stereocenters. The van der Waals surface area contributed by atoms with Gasteiger partial charge in [0.1, 0.15) is 5.16 Å². The topological polar surface area (TPSA) is 101 Å². The lowest BCUT2D eigenvalue weighted by atomic mass is 9.96. The molecule has 0 aromatic heterocycles. The predicted octanol–water partition coefficient (Wildman–Crippen LogP) is 1.00. The van der Waals surface area contributed by atoms with Crippen LogP contribution in [-0.2, 0) is 9.36 Å². The molecule has 1 fully saturated rings. The van der Waals surface area contributed by atoms with Gasteiger partial charge in [0, 0.05) is 6.16 Å². The zero-order valence-electron chi connectivity index (χ0n) is 8.69. The minimum Gasteiger partial charge on any atom is -0.480 e. The highest BCUT2D eigenvalue weighted by Crippen LogP contribution is 2.64. The molecule has 88 valence electrons. The average molecular weight is 235 g/mol. The monoisotopic (exact) mass is 235 g/mol. The standard InChI is InChI=1S/C9H18NO4P/c10-6-2-1-4-9(8(11)12)5-3-7-15(9,13)14/h1-7,10H2,(H,11,12)(H,13,14). The third-order valence-corrected chi connectivity index (χ3v) is 6.06. The van der Waals surface area contributed by atoms with Gasteiger partial charge in [-0.1, -0.05) is 6.42 Å². The van der Waals surface area contributed by atoms with Crippen LogP contribution in [0, 0.1) is 0 Å². The van der Waals surface area contributed by atoms with E-state index in [0.29, 0.717) is 32.2 Å². The number of carboxylic acid groups (broad SMARTS) is 1. The first kappa shape index (κ1) is 12.7. The van der Waals surface area contributed by atoms with E-state index in [0.717, 1.165) is 0 Å². The number of nitrogens with two attached hydrogens (primary N) is 1. The summed E-state index contributed by atoms with van der Waals surface area (Å²) in [5, 5.41) is 7.75. The maximum absolute atomic E-state index is 11.8. The van der Waals surface area contributed by atoms with Crippen LogP contribution >= 0.6 is 7.37 Å². The zero-order chi connectivity index (χ0) is 11.5. The second-order valence-corrected chi connectivity index (χ2v) is 6.82. The lowest BCUT2D eigenvalue weighted by Gasteiger charge is -2.27. The van der Waals surface area contributed by atoms with Crippen molar-refractivity contribution in [3.8, 4) is 0 Å². The lowest BCUT2D eigenvalue weighted by molar-refractivity contribution is -0.140. The molecule has 1 rings (SSSR count). The molecule has 15 heavy (non-hydrogen) atoms. The van der Waals surface area contributed by atoms with Gasteiger partial charge >= 0.3 is 5.97 Å². The Labute approximate surface area is 89.1 Å². The van der Waals surface area contributed by atoms with Crippen LogP contribution in [0.5, 0.6) is 0 Å². The van der Waals surface area contributed by atoms with E-state index in [2.05, 4.69) is 0 Å². The van der Waals surface area contributed by atoms with Gasteiger partial charge in [-0.05, 0) is 32.2 Å². The maximum atomic E-state index is 11.8. The van der Waals surface area contributed by atoms with Crippen molar-refractivity contribution >= 4 is 13.3 Å². The molecule has 0 spiro atoms. The van der Waals surface area contributed by atoms with Crippen molar-refractivity contribution in [1.29, 1.82) is 0 Å². The highest BCUT2D eigenvalue weighted by atomic mass is 31.2. The highest BCUT2D eigenvalue weighted by molar-refractivity contribution is 7.61. The Morgan fingerprint density at radius 3 is 2.53 bits per heavy atom. The summed E-state index contributed by atoms with van der Waals surface area (Å²) in [4.78, 5) is 20.9. The van der Waals surface area contributed by atoms with Gasteiger partial charge in [-0.25, -0.2) is 0 Å². The number of aliphatic carboxylic acids is 1. The molecule has 0 radical (unpaired) electrons. The van der Waals surface area contributed by atoms with Crippen molar-refractivity contribution in [3.63, 3.8) is 0 Å². The summed E-state index contributed by atoms with van der Waals surface area (Å²) in [7, 11) is -3.52. The summed E-state index contributed by atoms with van der Waals surface area (Å²) in [5.74, 6) is -1.12. The molecule has 1 heterocycles. The number of rotatable bonds is 5. The first-order chi connectivity index (χ1) is 6.96. The van der Waals surface area contributed by atoms with Crippen LogP contribution in [0.4, 0.5) is 0 Å². The number of hydrogen-bond donors (Lipinski definition) is 3. The number of hydrogen-bond acceptors (Lipinski definition) is 3. The summed E-state index contributed by atoms with van der Waals surface area (Å²) < 4.78 is 11.8. The van der Waals surface area contributed by atoms with Crippen LogP contribution in [-0.4, -0.2) is 33.8 Å². The molecule has 1 aliphatic rings. The Morgan fingerprint density at radius 2 is 2.13 bits per heavy atom. The van der Waals surface area contributed by atoms with Crippen LogP contribution in [0.15, 0.2) is 0 Å². The molecule has 0 amide bonds. The van der Waals surface area contributed by atoms with E-state index < -0.39 is 18.5 Å². The Kier molecular flexibility index (Phi) is 3.93. The summed E-state index contributed by atoms with van der Waals surface area (Å²) in [6.45, 7) is 0.491. The van der Waals surface area contributed by atoms with Gasteiger partial charge in [-0.15, -0.1) is 0 Å². The third-order valence-electron chi connectivity index (χ3n) is 3.16. The molecule has 6 heteroatoms. The molecule has 1 aliphatic heterocycles. The molecule has 1 saturated heterocycles. The molecule has 0 saturated carbocycles. The largest absolute Gasteiger partial charge is 0.480 e. The highest BCUT2D eigenvalue weighted by Gasteiger charge is 2.56. The Bertz CT molecular complexity index is 294. The van der Waals surface area contributed by atoms with Gasteiger partial charge in [0.25, 0.3) is 0 Å². The first-order valence-electron chi connectivity index (χ1n) is 5.22. The second kappa shape index (κ2) is 4.64. The minimum atomic E-state index is -3.52. The van der Waals surface area contributed by atoms with Crippen LogP contribution in [0.2, 0.25) is 0 Å². The normalized spacial score (nSPS) is 35.6. The zero-order valence-corrected chi connectivity index (χ0v) is 9.58. The smallest absolute Gasteiger partial charge is 0.319 e. The molecule has 0 bridgehead atoms. The van der Waals surface area contributed by atoms with Crippen molar-refractivity contribution in [2.45, 2.75) is 37.3 Å². The van der Waals surface area contributed by atoms with Gasteiger partial charge in [0.15, 0.2) is 0 Å². The van der Waals surface area contributed by atoms with Crippen molar-refractivity contribution in [3.05, 3.63) is 0 Å². The summed E-state index contributed by atoms with van der Waals surface area (Å²) in [5.41, 5.74) is 5.32. The van der Waals surface area contributed by atoms with E-state index >= 15 is 0 Å². The molecular formula is C9H18NO4P. The Morgan fingerprint density at radius 1 is 1.47 bits per heavy atom. The maximum Gasteiger partial charge on any atom is 0.319 e. The van der Waals surface area contributed by atoms with E-state index in [-0.39, 0.29) is 12.6 Å². The van der Waals surface area contributed by atoms with Crippen molar-refractivity contribution < 1.29 is 19.4 Å². The van der Waals surface area contributed by atoms with Crippen LogP contribution in [0.3, 0.4) is 0 Å². The number of unbranched alkanes of at least 4 members (excludes halogenated alkanes) is 1. The second-order valence-electron chi connectivity index (χ2n) is 4.11. The summed E-state index contributed by atoms with van der Waals surface area (Å²) in [6.07, 6.45) is 2.57. The molecule has 0 aromatic carbocycles. The van der Waals surface area contributed by atoms with Crippen LogP contribution in [0.1, 0.15) is 32.1 Å². The van der Waals surface area contributed by atoms with Crippen molar-refractivity contribution in [1.82, 2.24) is 0 Å². The van der Waals surface area contributed by atoms with E-state index in [4.69, 9.17) is 10.8 Å². The SMILES string of the molecule is NCCCCC1(C(=O)O)CCCP1(=O)O. The molecule has 0 aromatic rings. The van der Waals surface area contributed by atoms with Gasteiger partial charge in [0.2, 0.25) is 7.37 Å². The fourth-order valence-corrected chi connectivity index (χ4v) is 4.53. The van der Waals surface area contributed by atoms with E-state index in [1.165, 1.54) is 0 Å². The fraction of sp³-hybridized carbons (Fsp3) is 0.889. The van der Waals surface area contributed by atoms with Crippen molar-refractivity contribution in [2.24, 2.45) is 5.73 Å². The fourth-order valence-electron chi connectivity index (χ4n) is 2.20.